The number of rotatable bonds is 14. The van der Waals surface area contributed by atoms with Crippen molar-refractivity contribution in [3.05, 3.63) is 41.2 Å². The predicted octanol–water partition coefficient (Wildman–Crippen LogP) is 3.18. The minimum atomic E-state index is -0.754. The lowest BCUT2D eigenvalue weighted by atomic mass is 9.86. The molecule has 1 aromatic carbocycles. The van der Waals surface area contributed by atoms with E-state index in [0.717, 1.165) is 24.9 Å². The minimum Gasteiger partial charge on any atom is -0.442 e. The van der Waals surface area contributed by atoms with E-state index < -0.39 is 30.0 Å². The smallest absolute Gasteiger partial charge is 0.410 e. The van der Waals surface area contributed by atoms with E-state index in [1.54, 1.807) is 21.7 Å². The van der Waals surface area contributed by atoms with E-state index >= 15 is 0 Å². The number of aliphatic hydroxyl groups is 1. The third-order valence-electron chi connectivity index (χ3n) is 8.67. The van der Waals surface area contributed by atoms with Crippen LogP contribution in [0.4, 0.5) is 9.18 Å². The lowest BCUT2D eigenvalue weighted by Gasteiger charge is -2.33. The van der Waals surface area contributed by atoms with E-state index in [-0.39, 0.29) is 29.9 Å². The Morgan fingerprint density at radius 1 is 1.20 bits per heavy atom. The van der Waals surface area contributed by atoms with Crippen molar-refractivity contribution in [2.75, 3.05) is 46.6 Å². The number of nitrogens with zero attached hydrogens (tertiary/aromatic N) is 5. The van der Waals surface area contributed by atoms with E-state index in [1.807, 2.05) is 40.0 Å². The Labute approximate surface area is 263 Å². The molecule has 246 valence electrons. The molecule has 2 N–H and O–H groups in total. The number of nitrogens with one attached hydrogen (secondary N) is 1. The van der Waals surface area contributed by atoms with Gasteiger partial charge in [-0.05, 0) is 62.4 Å². The quantitative estimate of drug-likeness (QED) is 0.237. The first-order valence-corrected chi connectivity index (χ1v) is 15.5. The average Bonchev–Trinajstić information content (AvgIpc) is 3.69. The summed E-state index contributed by atoms with van der Waals surface area (Å²) in [5, 5.41) is 21.3. The topological polar surface area (TPSA) is 139 Å². The van der Waals surface area contributed by atoms with Crippen LogP contribution in [0, 0.1) is 23.6 Å². The number of aldehydes is 2. The van der Waals surface area contributed by atoms with Gasteiger partial charge in [-0.1, -0.05) is 36.8 Å². The van der Waals surface area contributed by atoms with Crippen molar-refractivity contribution in [3.63, 3.8) is 0 Å². The van der Waals surface area contributed by atoms with Gasteiger partial charge in [0.2, 0.25) is 0 Å². The Bertz CT molecular complexity index is 1370. The van der Waals surface area contributed by atoms with Crippen molar-refractivity contribution in [2.45, 2.75) is 58.4 Å². The zero-order chi connectivity index (χ0) is 32.5. The summed E-state index contributed by atoms with van der Waals surface area (Å²) < 4.78 is 27.9. The van der Waals surface area contributed by atoms with Gasteiger partial charge in [-0.2, -0.15) is 0 Å². The SMILES string of the molecule is C/C(=C\c1cc(F)c2nnn(C3COCN3)c2c1)[C@@H](C=O)[C@@H](C)/C=C/[C@H](OC(=O)N1CCN(C)CC1)[C@@H](C)CC[C@@H](O)CC=O. The normalized spacial score (nSPS) is 21.5. The molecule has 0 spiro atoms. The minimum absolute atomic E-state index is 0.0551. The van der Waals surface area contributed by atoms with Crippen LogP contribution >= 0.6 is 0 Å². The average molecular weight is 629 g/mol. The summed E-state index contributed by atoms with van der Waals surface area (Å²) >= 11 is 0. The lowest BCUT2D eigenvalue weighted by molar-refractivity contribution is -0.111. The van der Waals surface area contributed by atoms with Crippen molar-refractivity contribution in [3.8, 4) is 0 Å². The molecule has 6 atom stereocenters. The van der Waals surface area contributed by atoms with Crippen LogP contribution in [0.5, 0.6) is 0 Å². The number of aromatic nitrogens is 3. The number of carbonyl (C=O) groups excluding carboxylic acids is 3. The van der Waals surface area contributed by atoms with Crippen LogP contribution in [0.2, 0.25) is 0 Å². The van der Waals surface area contributed by atoms with Gasteiger partial charge in [0.25, 0.3) is 0 Å². The predicted molar refractivity (Wildman–Crippen MR) is 166 cm³/mol. The zero-order valence-electron chi connectivity index (χ0n) is 26.5. The number of benzene rings is 1. The molecule has 1 unspecified atom stereocenters. The first-order chi connectivity index (χ1) is 21.6. The zero-order valence-corrected chi connectivity index (χ0v) is 26.5. The number of halogens is 1. The molecule has 0 saturated carbocycles. The third kappa shape index (κ3) is 9.03. The summed E-state index contributed by atoms with van der Waals surface area (Å²) in [5.41, 5.74) is 1.99. The molecule has 12 nitrogen and oxygen atoms in total. The Kier molecular flexibility index (Phi) is 12.3. The van der Waals surface area contributed by atoms with Crippen LogP contribution in [0.3, 0.4) is 0 Å². The maximum atomic E-state index is 15.0. The van der Waals surface area contributed by atoms with Gasteiger partial charge in [-0.15, -0.1) is 5.10 Å². The number of amides is 1. The third-order valence-corrected chi connectivity index (χ3v) is 8.67. The van der Waals surface area contributed by atoms with Gasteiger partial charge >= 0.3 is 6.09 Å². The number of fused-ring (bicyclic) bond motifs is 1. The second kappa shape index (κ2) is 16.2. The van der Waals surface area contributed by atoms with E-state index in [9.17, 15) is 23.9 Å². The number of aliphatic hydroxyl groups excluding tert-OH is 1. The van der Waals surface area contributed by atoms with E-state index in [4.69, 9.17) is 9.47 Å². The molecule has 45 heavy (non-hydrogen) atoms. The second-order valence-corrected chi connectivity index (χ2v) is 12.2. The molecule has 1 aromatic heterocycles. The summed E-state index contributed by atoms with van der Waals surface area (Å²) in [6.07, 6.45) is 5.99. The molecule has 2 aliphatic rings. The van der Waals surface area contributed by atoms with Crippen LogP contribution < -0.4 is 5.32 Å². The van der Waals surface area contributed by atoms with Gasteiger partial charge in [0, 0.05) is 38.5 Å². The Morgan fingerprint density at radius 3 is 2.62 bits per heavy atom. The van der Waals surface area contributed by atoms with Gasteiger partial charge in [-0.25, -0.2) is 13.9 Å². The molecule has 2 saturated heterocycles. The van der Waals surface area contributed by atoms with Crippen LogP contribution in [0.25, 0.3) is 17.1 Å². The maximum Gasteiger partial charge on any atom is 0.410 e. The summed E-state index contributed by atoms with van der Waals surface area (Å²) in [7, 11) is 2.01. The molecule has 1 amide bonds. The largest absolute Gasteiger partial charge is 0.442 e. The van der Waals surface area contributed by atoms with E-state index in [1.165, 1.54) is 6.07 Å². The summed E-state index contributed by atoms with van der Waals surface area (Å²) in [6.45, 7) is 9.08. The molecular formula is C32H45FN6O6. The van der Waals surface area contributed by atoms with E-state index in [2.05, 4.69) is 20.5 Å². The highest BCUT2D eigenvalue weighted by Gasteiger charge is 2.27. The molecular weight excluding hydrogens is 583 g/mol. The second-order valence-electron chi connectivity index (χ2n) is 12.2. The van der Waals surface area contributed by atoms with Crippen molar-refractivity contribution in [1.82, 2.24) is 30.1 Å². The van der Waals surface area contributed by atoms with Crippen LogP contribution in [-0.2, 0) is 19.1 Å². The number of allylic oxidation sites excluding steroid dienone is 2. The highest BCUT2D eigenvalue weighted by Crippen LogP contribution is 2.27. The Hall–Kier alpha value is -3.52. The van der Waals surface area contributed by atoms with Gasteiger partial charge in [-0.3, -0.25) is 5.32 Å². The van der Waals surface area contributed by atoms with Crippen molar-refractivity contribution in [2.24, 2.45) is 17.8 Å². The fourth-order valence-electron chi connectivity index (χ4n) is 5.66. The van der Waals surface area contributed by atoms with Crippen molar-refractivity contribution < 1.29 is 33.4 Å². The molecule has 3 heterocycles. The van der Waals surface area contributed by atoms with Gasteiger partial charge in [0.1, 0.15) is 30.4 Å². The number of likely N-dealkylation sites (N-methyl/N-ethyl adjacent to an activating group) is 1. The van der Waals surface area contributed by atoms with Gasteiger partial charge < -0.3 is 34.0 Å². The molecule has 0 bridgehead atoms. The number of hydrogen-bond donors (Lipinski definition) is 2. The fraction of sp³-hybridized carbons (Fsp3) is 0.594. The number of carbonyl (C=O) groups is 3. The number of ether oxygens (including phenoxy) is 2. The highest BCUT2D eigenvalue weighted by molar-refractivity contribution is 5.79. The Balaban J connectivity index is 1.50. The molecule has 0 aliphatic carbocycles. The lowest BCUT2D eigenvalue weighted by Crippen LogP contribution is -2.48. The molecule has 2 aromatic rings. The molecule has 0 radical (unpaired) electrons. The van der Waals surface area contributed by atoms with E-state index in [0.29, 0.717) is 56.6 Å². The summed E-state index contributed by atoms with van der Waals surface area (Å²) in [6, 6.07) is 3.17. The maximum absolute atomic E-state index is 15.0. The molecule has 2 aliphatic heterocycles. The number of hydrogen-bond acceptors (Lipinski definition) is 10. The van der Waals surface area contributed by atoms with Gasteiger partial charge in [0.15, 0.2) is 5.82 Å². The van der Waals surface area contributed by atoms with Crippen molar-refractivity contribution in [1.29, 1.82) is 0 Å². The number of piperazine rings is 1. The first-order valence-electron chi connectivity index (χ1n) is 15.5. The molecule has 13 heteroatoms. The van der Waals surface area contributed by atoms with Crippen LogP contribution in [0.1, 0.15) is 51.8 Å². The summed E-state index contributed by atoms with van der Waals surface area (Å²) in [4.78, 5) is 40.0. The summed E-state index contributed by atoms with van der Waals surface area (Å²) in [5.74, 6) is -1.45. The molecule has 2 fully saturated rings. The highest BCUT2D eigenvalue weighted by atomic mass is 19.1. The fourth-order valence-corrected chi connectivity index (χ4v) is 5.66. The van der Waals surface area contributed by atoms with Crippen LogP contribution in [0.15, 0.2) is 29.9 Å². The Morgan fingerprint density at radius 2 is 1.96 bits per heavy atom. The van der Waals surface area contributed by atoms with Crippen molar-refractivity contribution >= 4 is 35.8 Å². The van der Waals surface area contributed by atoms with Crippen LogP contribution in [-0.4, -0.2) is 107 Å². The first kappa shape index (κ1) is 34.4. The molecule has 4 rings (SSSR count). The monoisotopic (exact) mass is 628 g/mol. The standard InChI is InChI=1S/C32H45FN6O6/c1-21(6-8-29(22(2)5-7-25(42)9-14-40)45-32(43)38-12-10-37(4)11-13-38)26(18-41)23(3)15-24-16-27(33)31-28(17-24)39(36-35-31)30-19-44-20-34-30/h6,8,14-18,21-22,25-26,29-30,34,42H,5,7,9-13,19-20H2,1-4H3/b8-6+,23-15+/t21-,22-,25+,26-,29-,30?/m0/s1. The van der Waals surface area contributed by atoms with Gasteiger partial charge in [0.05, 0.1) is 25.0 Å².